The van der Waals surface area contributed by atoms with Crippen molar-refractivity contribution in [1.82, 2.24) is 9.80 Å². The molecule has 98 valence electrons. The van der Waals surface area contributed by atoms with Crippen molar-refractivity contribution in [3.63, 3.8) is 0 Å². The molecule has 5 nitrogen and oxygen atoms in total. The lowest BCUT2D eigenvalue weighted by molar-refractivity contribution is -0.137. The summed E-state index contributed by atoms with van der Waals surface area (Å²) in [6, 6.07) is 1.87. The van der Waals surface area contributed by atoms with Gasteiger partial charge in [-0.3, -0.25) is 4.79 Å². The molecule has 1 aromatic heterocycles. The standard InChI is InChI=1S/C12H16N2O3S/c1-13(6-9-4-5-18-8-9)12(17)14(7-11(15)16)10-2-3-10/h4-5,8,10H,2-3,6-7H2,1H3,(H,15,16). The number of amides is 2. The summed E-state index contributed by atoms with van der Waals surface area (Å²) in [4.78, 5) is 26.0. The van der Waals surface area contributed by atoms with Crippen LogP contribution in [0.1, 0.15) is 18.4 Å². The minimum absolute atomic E-state index is 0.110. The summed E-state index contributed by atoms with van der Waals surface area (Å²) < 4.78 is 0. The number of hydrogen-bond donors (Lipinski definition) is 1. The molecule has 0 saturated heterocycles. The van der Waals surface area contributed by atoms with E-state index in [-0.39, 0.29) is 18.6 Å². The van der Waals surface area contributed by atoms with Gasteiger partial charge < -0.3 is 14.9 Å². The van der Waals surface area contributed by atoms with Gasteiger partial charge >= 0.3 is 12.0 Å². The van der Waals surface area contributed by atoms with Crippen molar-refractivity contribution in [2.75, 3.05) is 13.6 Å². The Bertz CT molecular complexity index is 429. The molecule has 0 unspecified atom stereocenters. The molecular formula is C12H16N2O3S. The topological polar surface area (TPSA) is 60.9 Å². The normalized spacial score (nSPS) is 14.3. The molecule has 2 amide bonds. The van der Waals surface area contributed by atoms with Crippen LogP contribution in [0.25, 0.3) is 0 Å². The maximum atomic E-state index is 12.2. The van der Waals surface area contributed by atoms with Crippen LogP contribution in [-0.4, -0.2) is 46.5 Å². The summed E-state index contributed by atoms with van der Waals surface area (Å²) in [6.07, 6.45) is 1.82. The van der Waals surface area contributed by atoms with Gasteiger partial charge in [-0.25, -0.2) is 4.79 Å². The Morgan fingerprint density at radius 2 is 2.22 bits per heavy atom. The predicted octanol–water partition coefficient (Wildman–Crippen LogP) is 1.85. The number of carbonyl (C=O) groups excluding carboxylic acids is 1. The van der Waals surface area contributed by atoms with Crippen LogP contribution in [0.3, 0.4) is 0 Å². The fourth-order valence-electron chi connectivity index (χ4n) is 1.83. The molecule has 1 heterocycles. The minimum Gasteiger partial charge on any atom is -0.480 e. The third-order valence-electron chi connectivity index (χ3n) is 2.87. The molecule has 1 fully saturated rings. The molecule has 0 spiro atoms. The van der Waals surface area contributed by atoms with Gasteiger partial charge in [-0.2, -0.15) is 11.3 Å². The van der Waals surface area contributed by atoms with E-state index in [1.165, 1.54) is 4.90 Å². The van der Waals surface area contributed by atoms with Gasteiger partial charge in [0.1, 0.15) is 6.54 Å². The average Bonchev–Trinajstić information content (AvgIpc) is 3.04. The van der Waals surface area contributed by atoms with Crippen LogP contribution >= 0.6 is 11.3 Å². The smallest absolute Gasteiger partial charge is 0.323 e. The largest absolute Gasteiger partial charge is 0.480 e. The second-order valence-electron chi connectivity index (χ2n) is 4.52. The molecule has 6 heteroatoms. The van der Waals surface area contributed by atoms with Gasteiger partial charge in [0.2, 0.25) is 0 Å². The number of urea groups is 1. The Kier molecular flexibility index (Phi) is 3.86. The lowest BCUT2D eigenvalue weighted by atomic mass is 10.3. The van der Waals surface area contributed by atoms with Crippen LogP contribution in [0.4, 0.5) is 4.79 Å². The molecule has 0 aromatic carbocycles. The molecule has 0 radical (unpaired) electrons. The summed E-state index contributed by atoms with van der Waals surface area (Å²) >= 11 is 1.59. The number of nitrogens with zero attached hydrogens (tertiary/aromatic N) is 2. The first-order chi connectivity index (χ1) is 8.58. The lowest BCUT2D eigenvalue weighted by Crippen LogP contribution is -2.44. The number of carboxylic acid groups (broad SMARTS) is 1. The minimum atomic E-state index is -0.959. The number of thiophene rings is 1. The molecule has 0 bridgehead atoms. The van der Waals surface area contributed by atoms with Crippen LogP contribution in [0.15, 0.2) is 16.8 Å². The fourth-order valence-corrected chi connectivity index (χ4v) is 2.49. The quantitative estimate of drug-likeness (QED) is 0.886. The summed E-state index contributed by atoms with van der Waals surface area (Å²) in [6.45, 7) is 0.308. The van der Waals surface area contributed by atoms with E-state index in [0.717, 1.165) is 18.4 Å². The lowest BCUT2D eigenvalue weighted by Gasteiger charge is -2.26. The number of rotatable bonds is 5. The summed E-state index contributed by atoms with van der Waals surface area (Å²) in [7, 11) is 1.71. The van der Waals surface area contributed by atoms with Gasteiger partial charge in [-0.15, -0.1) is 0 Å². The van der Waals surface area contributed by atoms with Gasteiger partial charge in [-0.1, -0.05) is 0 Å². The van der Waals surface area contributed by atoms with Crippen molar-refractivity contribution in [2.24, 2.45) is 0 Å². The number of carbonyl (C=O) groups is 2. The zero-order valence-corrected chi connectivity index (χ0v) is 11.0. The molecule has 2 rings (SSSR count). The van der Waals surface area contributed by atoms with Gasteiger partial charge in [-0.05, 0) is 35.2 Å². The zero-order chi connectivity index (χ0) is 13.1. The van der Waals surface area contributed by atoms with E-state index in [9.17, 15) is 9.59 Å². The molecule has 1 saturated carbocycles. The van der Waals surface area contributed by atoms with E-state index in [4.69, 9.17) is 5.11 Å². The predicted molar refractivity (Wildman–Crippen MR) is 68.5 cm³/mol. The van der Waals surface area contributed by atoms with Gasteiger partial charge in [0, 0.05) is 19.6 Å². The monoisotopic (exact) mass is 268 g/mol. The van der Waals surface area contributed by atoms with E-state index in [2.05, 4.69) is 0 Å². The molecule has 1 aromatic rings. The van der Waals surface area contributed by atoms with Crippen LogP contribution < -0.4 is 0 Å². The molecule has 1 N–H and O–H groups in total. The third-order valence-corrected chi connectivity index (χ3v) is 3.60. The highest BCUT2D eigenvalue weighted by atomic mass is 32.1. The first-order valence-electron chi connectivity index (χ1n) is 5.82. The van der Waals surface area contributed by atoms with E-state index in [1.54, 1.807) is 23.3 Å². The van der Waals surface area contributed by atoms with Crippen molar-refractivity contribution in [2.45, 2.75) is 25.4 Å². The van der Waals surface area contributed by atoms with Crippen LogP contribution in [0.5, 0.6) is 0 Å². The Morgan fingerprint density at radius 1 is 1.50 bits per heavy atom. The second kappa shape index (κ2) is 5.39. The highest BCUT2D eigenvalue weighted by Crippen LogP contribution is 2.27. The molecule has 0 aliphatic heterocycles. The first-order valence-corrected chi connectivity index (χ1v) is 6.77. The Morgan fingerprint density at radius 3 is 2.72 bits per heavy atom. The van der Waals surface area contributed by atoms with E-state index >= 15 is 0 Å². The van der Waals surface area contributed by atoms with Gasteiger partial charge in [0.15, 0.2) is 0 Å². The SMILES string of the molecule is CN(Cc1ccsc1)C(=O)N(CC(=O)O)C1CC1. The van der Waals surface area contributed by atoms with E-state index in [0.29, 0.717) is 6.54 Å². The molecule has 1 aliphatic rings. The number of aliphatic carboxylic acids is 1. The summed E-state index contributed by atoms with van der Waals surface area (Å²) in [5.41, 5.74) is 1.07. The van der Waals surface area contributed by atoms with Crippen LogP contribution in [0, 0.1) is 0 Å². The first kappa shape index (κ1) is 12.9. The highest BCUT2D eigenvalue weighted by molar-refractivity contribution is 7.07. The van der Waals surface area contributed by atoms with Crippen molar-refractivity contribution in [3.05, 3.63) is 22.4 Å². The van der Waals surface area contributed by atoms with Gasteiger partial charge in [0.25, 0.3) is 0 Å². The maximum Gasteiger partial charge on any atom is 0.323 e. The Hall–Kier alpha value is -1.56. The number of hydrogen-bond acceptors (Lipinski definition) is 3. The Labute approximate surface area is 110 Å². The summed E-state index contributed by atoms with van der Waals surface area (Å²) in [5, 5.41) is 12.8. The van der Waals surface area contributed by atoms with Gasteiger partial charge in [0.05, 0.1) is 0 Å². The maximum absolute atomic E-state index is 12.2. The second-order valence-corrected chi connectivity index (χ2v) is 5.30. The van der Waals surface area contributed by atoms with E-state index in [1.807, 2.05) is 16.8 Å². The van der Waals surface area contributed by atoms with Crippen molar-refractivity contribution in [1.29, 1.82) is 0 Å². The highest BCUT2D eigenvalue weighted by Gasteiger charge is 2.35. The summed E-state index contributed by atoms with van der Waals surface area (Å²) in [5.74, 6) is -0.959. The van der Waals surface area contributed by atoms with Crippen LogP contribution in [-0.2, 0) is 11.3 Å². The molecule has 1 aliphatic carbocycles. The molecule has 0 atom stereocenters. The number of carboxylic acids is 1. The molecular weight excluding hydrogens is 252 g/mol. The third kappa shape index (κ3) is 3.22. The van der Waals surface area contributed by atoms with Crippen LogP contribution in [0.2, 0.25) is 0 Å². The zero-order valence-electron chi connectivity index (χ0n) is 10.2. The van der Waals surface area contributed by atoms with Crippen molar-refractivity contribution >= 4 is 23.3 Å². The van der Waals surface area contributed by atoms with Crippen molar-refractivity contribution in [3.8, 4) is 0 Å². The average molecular weight is 268 g/mol. The van der Waals surface area contributed by atoms with E-state index < -0.39 is 5.97 Å². The van der Waals surface area contributed by atoms with Crippen molar-refractivity contribution < 1.29 is 14.7 Å². The Balaban J connectivity index is 1.96. The fraction of sp³-hybridized carbons (Fsp3) is 0.500. The molecule has 18 heavy (non-hydrogen) atoms.